The molecule has 1 heterocycles. The summed E-state index contributed by atoms with van der Waals surface area (Å²) in [6, 6.07) is 12.6. The van der Waals surface area contributed by atoms with Crippen LogP contribution in [0.25, 0.3) is 10.8 Å². The summed E-state index contributed by atoms with van der Waals surface area (Å²) in [5.41, 5.74) is 5.60. The first-order valence-electron chi connectivity index (χ1n) is 10.1. The van der Waals surface area contributed by atoms with Gasteiger partial charge in [0, 0.05) is 23.2 Å². The standard InChI is InChI=1S/C23H24N4O5/c1-14(2)11-12-27-22(30)18-6-4-3-5-17(18)20(26-27)23(31)32-13-19(28)25-16-9-7-15(8-10-16)21(24)29/h3-10,14H,11-13H2,1-2H3,(H2,24,29)(H,25,28). The molecule has 166 valence electrons. The van der Waals surface area contributed by atoms with Crippen LogP contribution < -0.4 is 16.6 Å². The quantitative estimate of drug-likeness (QED) is 0.521. The van der Waals surface area contributed by atoms with Crippen molar-refractivity contribution in [1.29, 1.82) is 0 Å². The number of rotatable bonds is 8. The molecule has 0 saturated heterocycles. The molecule has 3 rings (SSSR count). The van der Waals surface area contributed by atoms with Gasteiger partial charge in [-0.1, -0.05) is 32.0 Å². The SMILES string of the molecule is CC(C)CCn1nc(C(=O)OCC(=O)Nc2ccc(C(N)=O)cc2)c2ccccc2c1=O. The number of esters is 1. The Morgan fingerprint density at radius 3 is 2.34 bits per heavy atom. The summed E-state index contributed by atoms with van der Waals surface area (Å²) in [7, 11) is 0. The molecule has 0 spiro atoms. The van der Waals surface area contributed by atoms with E-state index in [-0.39, 0.29) is 11.3 Å². The number of benzene rings is 2. The largest absolute Gasteiger partial charge is 0.451 e. The Bertz CT molecular complexity index is 1220. The van der Waals surface area contributed by atoms with Gasteiger partial charge in [-0.05, 0) is 42.7 Å². The van der Waals surface area contributed by atoms with E-state index in [1.165, 1.54) is 28.9 Å². The number of fused-ring (bicyclic) bond motifs is 1. The first kappa shape index (κ1) is 22.7. The third kappa shape index (κ3) is 5.37. The Morgan fingerprint density at radius 2 is 1.72 bits per heavy atom. The average molecular weight is 436 g/mol. The summed E-state index contributed by atoms with van der Waals surface area (Å²) in [5, 5.41) is 7.50. The van der Waals surface area contributed by atoms with Crippen LogP contribution in [-0.4, -0.2) is 34.2 Å². The molecule has 0 unspecified atom stereocenters. The first-order valence-corrected chi connectivity index (χ1v) is 10.1. The van der Waals surface area contributed by atoms with Gasteiger partial charge < -0.3 is 15.8 Å². The number of carbonyl (C=O) groups is 3. The maximum Gasteiger partial charge on any atom is 0.359 e. The molecular formula is C23H24N4O5. The van der Waals surface area contributed by atoms with Crippen LogP contribution in [0, 0.1) is 5.92 Å². The molecule has 9 heteroatoms. The number of anilines is 1. The molecule has 0 saturated carbocycles. The van der Waals surface area contributed by atoms with Crippen molar-refractivity contribution in [3.8, 4) is 0 Å². The van der Waals surface area contributed by atoms with Crippen molar-refractivity contribution in [3.63, 3.8) is 0 Å². The lowest BCUT2D eigenvalue weighted by atomic mass is 10.1. The van der Waals surface area contributed by atoms with E-state index in [4.69, 9.17) is 10.5 Å². The third-order valence-electron chi connectivity index (χ3n) is 4.77. The predicted molar refractivity (Wildman–Crippen MR) is 119 cm³/mol. The number of nitrogens with two attached hydrogens (primary N) is 1. The lowest BCUT2D eigenvalue weighted by molar-refractivity contribution is -0.119. The summed E-state index contributed by atoms with van der Waals surface area (Å²) >= 11 is 0. The number of nitrogens with one attached hydrogen (secondary N) is 1. The number of primary amides is 1. The Balaban J connectivity index is 1.74. The van der Waals surface area contributed by atoms with E-state index >= 15 is 0 Å². The minimum atomic E-state index is -0.807. The average Bonchev–Trinajstić information content (AvgIpc) is 2.77. The van der Waals surface area contributed by atoms with Gasteiger partial charge in [-0.25, -0.2) is 9.48 Å². The molecular weight excluding hydrogens is 412 g/mol. The number of amides is 2. The van der Waals surface area contributed by atoms with Crippen LogP contribution in [0.2, 0.25) is 0 Å². The number of carbonyl (C=O) groups excluding carboxylic acids is 3. The molecule has 0 radical (unpaired) electrons. The van der Waals surface area contributed by atoms with Crippen molar-refractivity contribution in [3.05, 3.63) is 70.1 Å². The summed E-state index contributed by atoms with van der Waals surface area (Å²) in [6.07, 6.45) is 0.719. The first-order chi connectivity index (χ1) is 15.3. The highest BCUT2D eigenvalue weighted by Gasteiger charge is 2.19. The summed E-state index contributed by atoms with van der Waals surface area (Å²) in [4.78, 5) is 48.7. The second-order valence-electron chi connectivity index (χ2n) is 7.67. The second kappa shape index (κ2) is 9.86. The van der Waals surface area contributed by atoms with E-state index in [9.17, 15) is 19.2 Å². The molecule has 2 aromatic carbocycles. The fraction of sp³-hybridized carbons (Fsp3) is 0.261. The van der Waals surface area contributed by atoms with Crippen LogP contribution >= 0.6 is 0 Å². The van der Waals surface area contributed by atoms with Crippen molar-refractivity contribution >= 4 is 34.2 Å². The van der Waals surface area contributed by atoms with Crippen LogP contribution in [0.4, 0.5) is 5.69 Å². The molecule has 0 aliphatic carbocycles. The Kier molecular flexibility index (Phi) is 6.99. The monoisotopic (exact) mass is 436 g/mol. The van der Waals surface area contributed by atoms with Crippen LogP contribution in [0.3, 0.4) is 0 Å². The van der Waals surface area contributed by atoms with Gasteiger partial charge in [0.2, 0.25) is 5.91 Å². The van der Waals surface area contributed by atoms with Crippen molar-refractivity contribution in [2.45, 2.75) is 26.8 Å². The molecule has 0 aliphatic rings. The highest BCUT2D eigenvalue weighted by Crippen LogP contribution is 2.15. The number of nitrogens with zero attached hydrogens (tertiary/aromatic N) is 2. The lowest BCUT2D eigenvalue weighted by Gasteiger charge is -2.12. The predicted octanol–water partition coefficient (Wildman–Crippen LogP) is 2.34. The molecule has 3 aromatic rings. The smallest absolute Gasteiger partial charge is 0.359 e. The zero-order valence-corrected chi connectivity index (χ0v) is 17.8. The van der Waals surface area contributed by atoms with Crippen molar-refractivity contribution < 1.29 is 19.1 Å². The number of hydrogen-bond acceptors (Lipinski definition) is 6. The third-order valence-corrected chi connectivity index (χ3v) is 4.77. The van der Waals surface area contributed by atoms with Gasteiger partial charge in [0.1, 0.15) is 0 Å². The number of aryl methyl sites for hydroxylation is 1. The van der Waals surface area contributed by atoms with E-state index in [2.05, 4.69) is 10.4 Å². The van der Waals surface area contributed by atoms with E-state index in [0.717, 1.165) is 6.42 Å². The fourth-order valence-electron chi connectivity index (χ4n) is 3.03. The topological polar surface area (TPSA) is 133 Å². The molecule has 0 bridgehead atoms. The van der Waals surface area contributed by atoms with Gasteiger partial charge >= 0.3 is 5.97 Å². The zero-order valence-electron chi connectivity index (χ0n) is 17.8. The molecule has 2 amide bonds. The van der Waals surface area contributed by atoms with Gasteiger partial charge in [0.25, 0.3) is 11.5 Å². The Labute approximate surface area is 184 Å². The summed E-state index contributed by atoms with van der Waals surface area (Å²) in [6.45, 7) is 3.88. The molecule has 32 heavy (non-hydrogen) atoms. The van der Waals surface area contributed by atoms with Gasteiger partial charge in [-0.2, -0.15) is 5.10 Å². The van der Waals surface area contributed by atoms with Crippen molar-refractivity contribution in [2.75, 3.05) is 11.9 Å². The van der Waals surface area contributed by atoms with E-state index < -0.39 is 24.4 Å². The Morgan fingerprint density at radius 1 is 1.06 bits per heavy atom. The van der Waals surface area contributed by atoms with E-state index in [0.29, 0.717) is 34.5 Å². The van der Waals surface area contributed by atoms with E-state index in [1.54, 1.807) is 24.3 Å². The maximum atomic E-state index is 12.7. The number of hydrogen-bond donors (Lipinski definition) is 2. The highest BCUT2D eigenvalue weighted by atomic mass is 16.5. The van der Waals surface area contributed by atoms with E-state index in [1.807, 2.05) is 13.8 Å². The summed E-state index contributed by atoms with van der Waals surface area (Å²) in [5.74, 6) is -1.60. The van der Waals surface area contributed by atoms with Gasteiger partial charge in [-0.3, -0.25) is 14.4 Å². The molecule has 1 aromatic heterocycles. The molecule has 0 fully saturated rings. The molecule has 0 atom stereocenters. The normalized spacial score (nSPS) is 10.8. The van der Waals surface area contributed by atoms with Crippen LogP contribution in [0.1, 0.15) is 41.1 Å². The zero-order chi connectivity index (χ0) is 23.3. The fourth-order valence-corrected chi connectivity index (χ4v) is 3.03. The maximum absolute atomic E-state index is 12.7. The van der Waals surface area contributed by atoms with Gasteiger partial charge in [0.05, 0.1) is 5.39 Å². The van der Waals surface area contributed by atoms with Crippen LogP contribution in [-0.2, 0) is 16.1 Å². The highest BCUT2D eigenvalue weighted by molar-refractivity contribution is 6.03. The second-order valence-corrected chi connectivity index (χ2v) is 7.67. The van der Waals surface area contributed by atoms with Crippen LogP contribution in [0.5, 0.6) is 0 Å². The minimum Gasteiger partial charge on any atom is -0.451 e. The molecule has 0 aliphatic heterocycles. The summed E-state index contributed by atoms with van der Waals surface area (Å²) < 4.78 is 6.41. The Hall–Kier alpha value is -4.01. The van der Waals surface area contributed by atoms with Crippen molar-refractivity contribution in [1.82, 2.24) is 9.78 Å². The van der Waals surface area contributed by atoms with Crippen molar-refractivity contribution in [2.24, 2.45) is 11.7 Å². The van der Waals surface area contributed by atoms with Gasteiger partial charge in [0.15, 0.2) is 12.3 Å². The lowest BCUT2D eigenvalue weighted by Crippen LogP contribution is -2.28. The molecule has 9 nitrogen and oxygen atoms in total. The van der Waals surface area contributed by atoms with Gasteiger partial charge in [-0.15, -0.1) is 0 Å². The van der Waals surface area contributed by atoms with Crippen LogP contribution in [0.15, 0.2) is 53.3 Å². The molecule has 3 N–H and O–H groups in total. The minimum absolute atomic E-state index is 0.0254. The number of ether oxygens (including phenoxy) is 1. The number of aromatic nitrogens is 2.